The molecule has 0 unspecified atom stereocenters. The van der Waals surface area contributed by atoms with Gasteiger partial charge >= 0.3 is 0 Å². The Morgan fingerprint density at radius 3 is 2.75 bits per heavy atom. The van der Waals surface area contributed by atoms with Gasteiger partial charge in [-0.15, -0.1) is 0 Å². The summed E-state index contributed by atoms with van der Waals surface area (Å²) in [6.45, 7) is 0. The van der Waals surface area contributed by atoms with E-state index in [2.05, 4.69) is 5.32 Å². The van der Waals surface area contributed by atoms with Crippen LogP contribution in [0.4, 0.5) is 10.1 Å². The predicted octanol–water partition coefficient (Wildman–Crippen LogP) is 3.45. The molecule has 2 rings (SSSR count). The molecular weight excluding hydrogens is 285 g/mol. The monoisotopic (exact) mass is 295 g/mol. The van der Waals surface area contributed by atoms with Gasteiger partial charge in [-0.25, -0.2) is 4.39 Å². The van der Waals surface area contributed by atoms with E-state index < -0.39 is 11.7 Å². The Bertz CT molecular complexity index is 661. The SMILES string of the molecule is COc1cccc(F)c1C(=O)Nc1ccc(Cl)c(O)c1. The van der Waals surface area contributed by atoms with Crippen LogP contribution in [0.1, 0.15) is 10.4 Å². The van der Waals surface area contributed by atoms with E-state index in [0.717, 1.165) is 6.07 Å². The maximum atomic E-state index is 13.7. The van der Waals surface area contributed by atoms with Gasteiger partial charge < -0.3 is 15.2 Å². The number of ether oxygens (including phenoxy) is 1. The molecule has 2 aromatic rings. The molecule has 0 saturated carbocycles. The molecule has 0 heterocycles. The molecule has 2 N–H and O–H groups in total. The Hall–Kier alpha value is -2.27. The molecule has 20 heavy (non-hydrogen) atoms. The predicted molar refractivity (Wildman–Crippen MR) is 74.0 cm³/mol. The molecule has 0 bridgehead atoms. The first-order valence-corrected chi connectivity index (χ1v) is 6.03. The first-order valence-electron chi connectivity index (χ1n) is 5.65. The minimum atomic E-state index is -0.694. The molecule has 0 aliphatic carbocycles. The number of halogens is 2. The number of carbonyl (C=O) groups is 1. The molecule has 0 saturated heterocycles. The van der Waals surface area contributed by atoms with Crippen LogP contribution in [0.15, 0.2) is 36.4 Å². The van der Waals surface area contributed by atoms with Crippen LogP contribution in [0, 0.1) is 5.82 Å². The van der Waals surface area contributed by atoms with Crippen molar-refractivity contribution in [2.45, 2.75) is 0 Å². The van der Waals surface area contributed by atoms with Crippen LogP contribution in [-0.4, -0.2) is 18.1 Å². The summed E-state index contributed by atoms with van der Waals surface area (Å²) in [6, 6.07) is 8.28. The normalized spacial score (nSPS) is 10.2. The number of carbonyl (C=O) groups excluding carboxylic acids is 1. The fraction of sp³-hybridized carbons (Fsp3) is 0.0714. The summed E-state index contributed by atoms with van der Waals surface area (Å²) >= 11 is 5.66. The fourth-order valence-electron chi connectivity index (χ4n) is 1.68. The number of nitrogens with one attached hydrogen (secondary N) is 1. The van der Waals surface area contributed by atoms with Gasteiger partial charge in [-0.05, 0) is 24.3 Å². The van der Waals surface area contributed by atoms with Crippen LogP contribution in [0.5, 0.6) is 11.5 Å². The minimum Gasteiger partial charge on any atom is -0.506 e. The Morgan fingerprint density at radius 2 is 2.10 bits per heavy atom. The number of methoxy groups -OCH3 is 1. The second-order valence-corrected chi connectivity index (χ2v) is 4.34. The third kappa shape index (κ3) is 2.83. The molecule has 1 amide bonds. The number of phenols is 1. The summed E-state index contributed by atoms with van der Waals surface area (Å²) in [5.41, 5.74) is 0.0895. The van der Waals surface area contributed by atoms with Crippen LogP contribution in [-0.2, 0) is 0 Å². The molecule has 0 aliphatic heterocycles. The quantitative estimate of drug-likeness (QED) is 0.912. The van der Waals surface area contributed by atoms with E-state index in [4.69, 9.17) is 16.3 Å². The van der Waals surface area contributed by atoms with E-state index in [1.807, 2.05) is 0 Å². The molecule has 104 valence electrons. The molecule has 2 aromatic carbocycles. The molecule has 4 nitrogen and oxygen atoms in total. The lowest BCUT2D eigenvalue weighted by molar-refractivity contribution is 0.102. The second-order valence-electron chi connectivity index (χ2n) is 3.94. The molecule has 6 heteroatoms. The zero-order valence-electron chi connectivity index (χ0n) is 10.5. The van der Waals surface area contributed by atoms with E-state index in [0.29, 0.717) is 5.69 Å². The summed E-state index contributed by atoms with van der Waals surface area (Å²) in [4.78, 5) is 12.1. The molecule has 0 aliphatic rings. The zero-order chi connectivity index (χ0) is 14.7. The van der Waals surface area contributed by atoms with Crippen molar-refractivity contribution in [1.29, 1.82) is 0 Å². The van der Waals surface area contributed by atoms with Crippen LogP contribution < -0.4 is 10.1 Å². The highest BCUT2D eigenvalue weighted by atomic mass is 35.5. The number of hydrogen-bond acceptors (Lipinski definition) is 3. The highest BCUT2D eigenvalue weighted by Gasteiger charge is 2.17. The lowest BCUT2D eigenvalue weighted by Crippen LogP contribution is -2.15. The van der Waals surface area contributed by atoms with Crippen molar-refractivity contribution in [2.75, 3.05) is 12.4 Å². The van der Waals surface area contributed by atoms with Crippen molar-refractivity contribution < 1.29 is 19.0 Å². The standard InChI is InChI=1S/C14H11ClFNO3/c1-20-12-4-2-3-10(16)13(12)14(19)17-8-5-6-9(15)11(18)7-8/h2-7,18H,1H3,(H,17,19). The summed E-state index contributed by atoms with van der Waals surface area (Å²) in [7, 11) is 1.35. The molecule has 0 aromatic heterocycles. The highest BCUT2D eigenvalue weighted by molar-refractivity contribution is 6.32. The fourth-order valence-corrected chi connectivity index (χ4v) is 1.80. The lowest BCUT2D eigenvalue weighted by atomic mass is 10.1. The van der Waals surface area contributed by atoms with E-state index in [-0.39, 0.29) is 22.1 Å². The maximum Gasteiger partial charge on any atom is 0.262 e. The number of hydrogen-bond donors (Lipinski definition) is 2. The van der Waals surface area contributed by atoms with E-state index in [9.17, 15) is 14.3 Å². The Kier molecular flexibility index (Phi) is 4.10. The third-order valence-electron chi connectivity index (χ3n) is 2.63. The lowest BCUT2D eigenvalue weighted by Gasteiger charge is -2.10. The average Bonchev–Trinajstić information content (AvgIpc) is 2.42. The Morgan fingerprint density at radius 1 is 1.35 bits per heavy atom. The van der Waals surface area contributed by atoms with Crippen molar-refractivity contribution in [2.24, 2.45) is 0 Å². The molecular formula is C14H11ClFNO3. The van der Waals surface area contributed by atoms with Crippen molar-refractivity contribution >= 4 is 23.2 Å². The first-order chi connectivity index (χ1) is 9.52. The number of amides is 1. The average molecular weight is 296 g/mol. The third-order valence-corrected chi connectivity index (χ3v) is 2.95. The number of anilines is 1. The van der Waals surface area contributed by atoms with Crippen molar-refractivity contribution in [3.8, 4) is 11.5 Å². The van der Waals surface area contributed by atoms with Crippen LogP contribution in [0.3, 0.4) is 0 Å². The van der Waals surface area contributed by atoms with Crippen molar-refractivity contribution in [1.82, 2.24) is 0 Å². The van der Waals surface area contributed by atoms with Crippen molar-refractivity contribution in [3.05, 3.63) is 52.8 Å². The number of benzene rings is 2. The molecule has 0 radical (unpaired) electrons. The zero-order valence-corrected chi connectivity index (χ0v) is 11.2. The number of rotatable bonds is 3. The summed E-state index contributed by atoms with van der Waals surface area (Å²) in [5.74, 6) is -1.42. The van der Waals surface area contributed by atoms with Gasteiger partial charge in [-0.3, -0.25) is 4.79 Å². The Labute approximate surface area is 119 Å². The van der Waals surface area contributed by atoms with Crippen LogP contribution in [0.2, 0.25) is 5.02 Å². The number of aromatic hydroxyl groups is 1. The molecule has 0 atom stereocenters. The van der Waals surface area contributed by atoms with Gasteiger partial charge in [-0.2, -0.15) is 0 Å². The smallest absolute Gasteiger partial charge is 0.262 e. The summed E-state index contributed by atoms with van der Waals surface area (Å²) in [6.07, 6.45) is 0. The summed E-state index contributed by atoms with van der Waals surface area (Å²) in [5, 5.41) is 12.1. The van der Waals surface area contributed by atoms with Gasteiger partial charge in [0.1, 0.15) is 22.9 Å². The van der Waals surface area contributed by atoms with Gasteiger partial charge in [0, 0.05) is 11.8 Å². The van der Waals surface area contributed by atoms with Gasteiger partial charge in [-0.1, -0.05) is 17.7 Å². The second kappa shape index (κ2) is 5.79. The molecule has 0 fully saturated rings. The van der Waals surface area contributed by atoms with Crippen LogP contribution >= 0.6 is 11.6 Å². The number of phenolic OH excluding ortho intramolecular Hbond substituents is 1. The highest BCUT2D eigenvalue weighted by Crippen LogP contribution is 2.27. The van der Waals surface area contributed by atoms with E-state index in [1.54, 1.807) is 0 Å². The van der Waals surface area contributed by atoms with E-state index >= 15 is 0 Å². The van der Waals surface area contributed by atoms with Gasteiger partial charge in [0.05, 0.1) is 12.1 Å². The van der Waals surface area contributed by atoms with E-state index in [1.165, 1.54) is 37.4 Å². The topological polar surface area (TPSA) is 58.6 Å². The largest absolute Gasteiger partial charge is 0.506 e. The van der Waals surface area contributed by atoms with Gasteiger partial charge in [0.2, 0.25) is 0 Å². The van der Waals surface area contributed by atoms with Crippen molar-refractivity contribution in [3.63, 3.8) is 0 Å². The van der Waals surface area contributed by atoms with Gasteiger partial charge in [0.15, 0.2) is 0 Å². The maximum absolute atomic E-state index is 13.7. The molecule has 0 spiro atoms. The first kappa shape index (κ1) is 14.1. The van der Waals surface area contributed by atoms with Crippen LogP contribution in [0.25, 0.3) is 0 Å². The van der Waals surface area contributed by atoms with Gasteiger partial charge in [0.25, 0.3) is 5.91 Å². The minimum absolute atomic E-state index is 0.126. The summed E-state index contributed by atoms with van der Waals surface area (Å²) < 4.78 is 18.7. The Balaban J connectivity index is 2.30.